The molecule has 1 heteroatoms. The van der Waals surface area contributed by atoms with Crippen LogP contribution < -0.4 is 0 Å². The van der Waals surface area contributed by atoms with Crippen molar-refractivity contribution in [2.45, 2.75) is 6.42 Å². The fraction of sp³-hybridized carbons (Fsp3) is 0.0345. The van der Waals surface area contributed by atoms with Crippen molar-refractivity contribution in [3.8, 4) is 11.1 Å². The van der Waals surface area contributed by atoms with Gasteiger partial charge in [0.25, 0.3) is 0 Å². The molecular weight excluding hydrogens is 364 g/mol. The van der Waals surface area contributed by atoms with E-state index < -0.39 is 0 Å². The van der Waals surface area contributed by atoms with Crippen LogP contribution in [-0.4, -0.2) is 0 Å². The molecule has 0 spiro atoms. The highest BCUT2D eigenvalue weighted by Crippen LogP contribution is 2.35. The van der Waals surface area contributed by atoms with Crippen molar-refractivity contribution in [3.63, 3.8) is 0 Å². The molecule has 0 atom stereocenters. The lowest BCUT2D eigenvalue weighted by molar-refractivity contribution is 0.668. The molecule has 0 N–H and O–H groups in total. The van der Waals surface area contributed by atoms with Crippen LogP contribution in [0.15, 0.2) is 114 Å². The van der Waals surface area contributed by atoms with E-state index >= 15 is 0 Å². The molecule has 1 heterocycles. The second-order valence-corrected chi connectivity index (χ2v) is 7.79. The van der Waals surface area contributed by atoms with Gasteiger partial charge in [0.2, 0.25) is 0 Å². The minimum atomic E-state index is 0.874. The molecule has 0 fully saturated rings. The molecular formula is C29H20O. The zero-order valence-corrected chi connectivity index (χ0v) is 16.5. The van der Waals surface area contributed by atoms with Crippen LogP contribution >= 0.6 is 0 Å². The lowest BCUT2D eigenvalue weighted by Crippen LogP contribution is -1.92. The minimum Gasteiger partial charge on any atom is -0.456 e. The monoisotopic (exact) mass is 384 g/mol. The summed E-state index contributed by atoms with van der Waals surface area (Å²) in [6, 6.07) is 38.6. The van der Waals surface area contributed by atoms with E-state index in [9.17, 15) is 0 Å². The average Bonchev–Trinajstić information content (AvgIpc) is 3.18. The van der Waals surface area contributed by atoms with E-state index in [-0.39, 0.29) is 0 Å². The van der Waals surface area contributed by atoms with Gasteiger partial charge < -0.3 is 4.42 Å². The zero-order chi connectivity index (χ0) is 19.9. The van der Waals surface area contributed by atoms with E-state index in [1.807, 2.05) is 0 Å². The normalized spacial score (nSPS) is 11.5. The van der Waals surface area contributed by atoms with E-state index in [1.165, 1.54) is 43.8 Å². The van der Waals surface area contributed by atoms with Crippen LogP contribution in [0.3, 0.4) is 0 Å². The smallest absolute Gasteiger partial charge is 0.136 e. The Morgan fingerprint density at radius 1 is 0.567 bits per heavy atom. The van der Waals surface area contributed by atoms with E-state index in [0.717, 1.165) is 17.6 Å². The topological polar surface area (TPSA) is 13.1 Å². The Balaban J connectivity index is 1.46. The molecule has 5 aromatic carbocycles. The standard InChI is InChI=1S/C29H20O/c1-2-8-21(9-3-1)24-12-6-5-11-23(24)18-20-14-16-26-28(19-20)30-27-17-15-22-10-4-7-13-25(22)29(26)27/h1-17,19H,18H2. The summed E-state index contributed by atoms with van der Waals surface area (Å²) in [6.45, 7) is 0. The van der Waals surface area contributed by atoms with Gasteiger partial charge in [0.05, 0.1) is 0 Å². The quantitative estimate of drug-likeness (QED) is 0.301. The van der Waals surface area contributed by atoms with Gasteiger partial charge in [-0.25, -0.2) is 0 Å². The number of hydrogen-bond donors (Lipinski definition) is 0. The highest BCUT2D eigenvalue weighted by atomic mass is 16.3. The number of rotatable bonds is 3. The fourth-order valence-corrected chi connectivity index (χ4v) is 4.49. The van der Waals surface area contributed by atoms with Crippen LogP contribution in [0.2, 0.25) is 0 Å². The first kappa shape index (κ1) is 17.1. The molecule has 0 radical (unpaired) electrons. The number of benzene rings is 5. The van der Waals surface area contributed by atoms with Gasteiger partial charge >= 0.3 is 0 Å². The molecule has 0 aliphatic rings. The molecule has 0 saturated heterocycles. The Hall–Kier alpha value is -3.84. The Kier molecular flexibility index (Phi) is 3.92. The summed E-state index contributed by atoms with van der Waals surface area (Å²) in [5.74, 6) is 0. The summed E-state index contributed by atoms with van der Waals surface area (Å²) < 4.78 is 6.25. The predicted octanol–water partition coefficient (Wildman–Crippen LogP) is 8.00. The number of fused-ring (bicyclic) bond motifs is 5. The van der Waals surface area contributed by atoms with E-state index in [0.29, 0.717) is 0 Å². The Labute approximate surface area is 175 Å². The van der Waals surface area contributed by atoms with Gasteiger partial charge in [-0.2, -0.15) is 0 Å². The maximum absolute atomic E-state index is 6.25. The van der Waals surface area contributed by atoms with Crippen LogP contribution in [0, 0.1) is 0 Å². The Morgan fingerprint density at radius 2 is 1.37 bits per heavy atom. The molecule has 1 nitrogen and oxygen atoms in total. The summed E-state index contributed by atoms with van der Waals surface area (Å²) >= 11 is 0. The summed E-state index contributed by atoms with van der Waals surface area (Å²) in [5, 5.41) is 4.88. The van der Waals surface area contributed by atoms with Crippen molar-refractivity contribution in [1.82, 2.24) is 0 Å². The molecule has 0 aliphatic heterocycles. The highest BCUT2D eigenvalue weighted by Gasteiger charge is 2.12. The number of furan rings is 1. The molecule has 6 rings (SSSR count). The molecule has 0 bridgehead atoms. The van der Waals surface area contributed by atoms with Gasteiger partial charge in [-0.1, -0.05) is 97.1 Å². The molecule has 30 heavy (non-hydrogen) atoms. The van der Waals surface area contributed by atoms with Crippen molar-refractivity contribution in [3.05, 3.63) is 120 Å². The van der Waals surface area contributed by atoms with Crippen LogP contribution in [0.1, 0.15) is 11.1 Å². The van der Waals surface area contributed by atoms with Crippen molar-refractivity contribution in [2.24, 2.45) is 0 Å². The van der Waals surface area contributed by atoms with Crippen molar-refractivity contribution < 1.29 is 4.42 Å². The van der Waals surface area contributed by atoms with Crippen LogP contribution in [0.4, 0.5) is 0 Å². The van der Waals surface area contributed by atoms with E-state index in [4.69, 9.17) is 4.42 Å². The molecule has 1 aromatic heterocycles. The molecule has 0 unspecified atom stereocenters. The van der Waals surface area contributed by atoms with E-state index in [2.05, 4.69) is 109 Å². The second kappa shape index (κ2) is 6.89. The third kappa shape index (κ3) is 2.79. The lowest BCUT2D eigenvalue weighted by atomic mass is 9.94. The maximum atomic E-state index is 6.25. The molecule has 0 aliphatic carbocycles. The molecule has 0 saturated carbocycles. The van der Waals surface area contributed by atoms with Gasteiger partial charge in [-0.15, -0.1) is 0 Å². The van der Waals surface area contributed by atoms with Gasteiger partial charge in [0.1, 0.15) is 11.2 Å². The van der Waals surface area contributed by atoms with Gasteiger partial charge in [0, 0.05) is 10.8 Å². The first-order valence-corrected chi connectivity index (χ1v) is 10.3. The summed E-state index contributed by atoms with van der Waals surface area (Å²) in [5.41, 5.74) is 7.03. The van der Waals surface area contributed by atoms with Crippen LogP contribution in [-0.2, 0) is 6.42 Å². The highest BCUT2D eigenvalue weighted by molar-refractivity contribution is 6.18. The largest absolute Gasteiger partial charge is 0.456 e. The zero-order valence-electron chi connectivity index (χ0n) is 16.5. The molecule has 0 amide bonds. The third-order valence-corrected chi connectivity index (χ3v) is 5.92. The minimum absolute atomic E-state index is 0.874. The van der Waals surface area contributed by atoms with Gasteiger partial charge in [-0.3, -0.25) is 0 Å². The fourth-order valence-electron chi connectivity index (χ4n) is 4.49. The second-order valence-electron chi connectivity index (χ2n) is 7.79. The van der Waals surface area contributed by atoms with E-state index in [1.54, 1.807) is 0 Å². The molecule has 6 aromatic rings. The predicted molar refractivity (Wildman–Crippen MR) is 126 cm³/mol. The Bertz CT molecular complexity index is 1510. The van der Waals surface area contributed by atoms with Crippen molar-refractivity contribution in [1.29, 1.82) is 0 Å². The molecule has 142 valence electrons. The Morgan fingerprint density at radius 3 is 2.30 bits per heavy atom. The average molecular weight is 384 g/mol. The van der Waals surface area contributed by atoms with Gasteiger partial charge in [0.15, 0.2) is 0 Å². The summed E-state index contributed by atoms with van der Waals surface area (Å²) in [4.78, 5) is 0. The lowest BCUT2D eigenvalue weighted by Gasteiger charge is -2.10. The van der Waals surface area contributed by atoms with Crippen molar-refractivity contribution >= 4 is 32.7 Å². The SMILES string of the molecule is c1ccc(-c2ccccc2Cc2ccc3c(c2)oc2ccc4ccccc4c23)cc1. The third-order valence-electron chi connectivity index (χ3n) is 5.92. The first-order chi connectivity index (χ1) is 14.9. The van der Waals surface area contributed by atoms with Crippen LogP contribution in [0.5, 0.6) is 0 Å². The van der Waals surface area contributed by atoms with Crippen molar-refractivity contribution in [2.75, 3.05) is 0 Å². The summed E-state index contributed by atoms with van der Waals surface area (Å²) in [7, 11) is 0. The van der Waals surface area contributed by atoms with Crippen LogP contribution in [0.25, 0.3) is 43.8 Å². The first-order valence-electron chi connectivity index (χ1n) is 10.3. The number of hydrogen-bond acceptors (Lipinski definition) is 1. The van der Waals surface area contributed by atoms with Gasteiger partial charge in [-0.05, 0) is 51.6 Å². The maximum Gasteiger partial charge on any atom is 0.136 e. The summed E-state index contributed by atoms with van der Waals surface area (Å²) in [6.07, 6.45) is 0.874.